The summed E-state index contributed by atoms with van der Waals surface area (Å²) in [4.78, 5) is 20.0. The van der Waals surface area contributed by atoms with E-state index in [4.69, 9.17) is 4.84 Å². The zero-order chi connectivity index (χ0) is 10.8. The molecule has 1 aliphatic heterocycles. The van der Waals surface area contributed by atoms with Crippen molar-refractivity contribution in [2.45, 2.75) is 13.3 Å². The second-order valence-electron chi connectivity index (χ2n) is 3.67. The number of nitrogens with zero attached hydrogens (tertiary/aromatic N) is 5. The number of aryl methyl sites for hydroxylation is 1. The predicted octanol–water partition coefficient (Wildman–Crippen LogP) is 0.388. The van der Waals surface area contributed by atoms with Gasteiger partial charge in [0.05, 0.1) is 13.2 Å². The van der Waals surface area contributed by atoms with Crippen LogP contribution in [0.2, 0.25) is 0 Å². The molecule has 82 valence electrons. The molecule has 2 rings (SSSR count). The zero-order valence-electron chi connectivity index (χ0n) is 9.27. The second-order valence-corrected chi connectivity index (χ2v) is 3.67. The van der Waals surface area contributed by atoms with Crippen LogP contribution in [0, 0.1) is 6.92 Å². The first-order chi connectivity index (χ1) is 7.16. The fraction of sp³-hybridized carbons (Fsp3) is 0.667. The summed E-state index contributed by atoms with van der Waals surface area (Å²) in [5.74, 6) is 1.97. The Labute approximate surface area is 88.9 Å². The summed E-state index contributed by atoms with van der Waals surface area (Å²) in [7, 11) is 3.81. The van der Waals surface area contributed by atoms with Gasteiger partial charge in [-0.3, -0.25) is 4.84 Å². The van der Waals surface area contributed by atoms with E-state index in [9.17, 15) is 0 Å². The summed E-state index contributed by atoms with van der Waals surface area (Å²) < 4.78 is 0. The molecule has 0 aromatic carbocycles. The van der Waals surface area contributed by atoms with E-state index in [1.54, 1.807) is 5.06 Å². The minimum absolute atomic E-state index is 0.601. The molecule has 0 N–H and O–H groups in total. The Balaban J connectivity index is 2.30. The van der Waals surface area contributed by atoms with E-state index in [0.29, 0.717) is 17.7 Å². The first-order valence-corrected chi connectivity index (χ1v) is 4.97. The molecule has 0 bridgehead atoms. The van der Waals surface area contributed by atoms with Gasteiger partial charge in [-0.1, -0.05) is 0 Å². The molecule has 0 unspecified atom stereocenters. The lowest BCUT2D eigenvalue weighted by Gasteiger charge is -2.16. The van der Waals surface area contributed by atoms with Gasteiger partial charge in [-0.15, -0.1) is 0 Å². The topological polar surface area (TPSA) is 54.4 Å². The van der Waals surface area contributed by atoms with Crippen molar-refractivity contribution in [1.29, 1.82) is 0 Å². The quantitative estimate of drug-likeness (QED) is 0.702. The van der Waals surface area contributed by atoms with Crippen LogP contribution in [0.15, 0.2) is 0 Å². The molecular weight excluding hydrogens is 194 g/mol. The van der Waals surface area contributed by atoms with Crippen LogP contribution < -0.4 is 9.96 Å². The van der Waals surface area contributed by atoms with E-state index >= 15 is 0 Å². The monoisotopic (exact) mass is 209 g/mol. The van der Waals surface area contributed by atoms with Crippen molar-refractivity contribution in [3.05, 3.63) is 5.82 Å². The lowest BCUT2D eigenvalue weighted by Crippen LogP contribution is -2.22. The first kappa shape index (κ1) is 10.1. The molecule has 1 saturated heterocycles. The number of aromatic nitrogens is 3. The van der Waals surface area contributed by atoms with Crippen LogP contribution in [0.3, 0.4) is 0 Å². The average molecular weight is 209 g/mol. The Morgan fingerprint density at radius 1 is 1.27 bits per heavy atom. The molecule has 1 aromatic rings. The third-order valence-electron chi connectivity index (χ3n) is 2.10. The molecule has 0 aliphatic carbocycles. The zero-order valence-corrected chi connectivity index (χ0v) is 9.27. The molecule has 1 aromatic heterocycles. The number of hydroxylamine groups is 1. The van der Waals surface area contributed by atoms with Crippen LogP contribution in [-0.2, 0) is 4.84 Å². The summed E-state index contributed by atoms with van der Waals surface area (Å²) in [6, 6.07) is 0. The van der Waals surface area contributed by atoms with Crippen LogP contribution in [0.4, 0.5) is 11.9 Å². The fourth-order valence-corrected chi connectivity index (χ4v) is 1.37. The Morgan fingerprint density at radius 3 is 2.67 bits per heavy atom. The van der Waals surface area contributed by atoms with Crippen molar-refractivity contribution in [1.82, 2.24) is 15.0 Å². The van der Waals surface area contributed by atoms with Gasteiger partial charge in [0, 0.05) is 14.1 Å². The van der Waals surface area contributed by atoms with Gasteiger partial charge in [-0.25, -0.2) is 5.06 Å². The van der Waals surface area contributed by atoms with Crippen LogP contribution >= 0.6 is 0 Å². The lowest BCUT2D eigenvalue weighted by atomic mass is 10.5. The van der Waals surface area contributed by atoms with E-state index in [0.717, 1.165) is 19.6 Å². The highest BCUT2D eigenvalue weighted by Crippen LogP contribution is 2.16. The summed E-state index contributed by atoms with van der Waals surface area (Å²) in [5.41, 5.74) is 0. The number of anilines is 2. The van der Waals surface area contributed by atoms with Gasteiger partial charge in [0.25, 0.3) is 5.95 Å². The van der Waals surface area contributed by atoms with Gasteiger partial charge < -0.3 is 4.90 Å². The van der Waals surface area contributed by atoms with Crippen molar-refractivity contribution in [2.75, 3.05) is 37.2 Å². The Bertz CT molecular complexity index is 348. The van der Waals surface area contributed by atoms with Gasteiger partial charge in [-0.05, 0) is 13.3 Å². The van der Waals surface area contributed by atoms with Crippen LogP contribution in [0.5, 0.6) is 0 Å². The van der Waals surface area contributed by atoms with Crippen molar-refractivity contribution in [3.8, 4) is 0 Å². The van der Waals surface area contributed by atoms with Crippen molar-refractivity contribution < 1.29 is 4.84 Å². The van der Waals surface area contributed by atoms with Crippen molar-refractivity contribution in [2.24, 2.45) is 0 Å². The van der Waals surface area contributed by atoms with Crippen molar-refractivity contribution >= 4 is 11.9 Å². The second kappa shape index (κ2) is 3.98. The third kappa shape index (κ3) is 2.15. The minimum atomic E-state index is 0.601. The summed E-state index contributed by atoms with van der Waals surface area (Å²) in [6.07, 6.45) is 1.02. The highest BCUT2D eigenvalue weighted by molar-refractivity contribution is 5.36. The highest BCUT2D eigenvalue weighted by atomic mass is 16.7. The molecule has 6 heteroatoms. The molecule has 15 heavy (non-hydrogen) atoms. The van der Waals surface area contributed by atoms with E-state index in [1.165, 1.54) is 0 Å². The number of hydrogen-bond donors (Lipinski definition) is 0. The van der Waals surface area contributed by atoms with E-state index in [-0.39, 0.29) is 0 Å². The van der Waals surface area contributed by atoms with E-state index in [2.05, 4.69) is 15.0 Å². The fourth-order valence-electron chi connectivity index (χ4n) is 1.37. The maximum atomic E-state index is 5.39. The molecule has 0 atom stereocenters. The average Bonchev–Trinajstić information content (AvgIpc) is 2.69. The van der Waals surface area contributed by atoms with Gasteiger partial charge >= 0.3 is 0 Å². The molecule has 1 aliphatic rings. The maximum absolute atomic E-state index is 5.39. The normalized spacial score (nSPS) is 15.8. The molecule has 2 heterocycles. The molecule has 0 amide bonds. The maximum Gasteiger partial charge on any atom is 0.254 e. The molecule has 0 radical (unpaired) electrons. The Hall–Kier alpha value is -1.43. The summed E-state index contributed by atoms with van der Waals surface area (Å²) >= 11 is 0. The summed E-state index contributed by atoms with van der Waals surface area (Å²) in [6.45, 7) is 3.44. The minimum Gasteiger partial charge on any atom is -0.347 e. The number of rotatable bonds is 2. The standard InChI is InChI=1S/C9H15N5O/c1-7-10-8(13(2)3)12-9(11-7)14-5-4-6-15-14/h4-6H2,1-3H3. The molecule has 6 nitrogen and oxygen atoms in total. The lowest BCUT2D eigenvalue weighted by molar-refractivity contribution is 0.164. The Kier molecular flexibility index (Phi) is 2.68. The SMILES string of the molecule is Cc1nc(N(C)C)nc(N2CCCO2)n1. The van der Waals surface area contributed by atoms with Crippen LogP contribution in [0.1, 0.15) is 12.2 Å². The van der Waals surface area contributed by atoms with Gasteiger partial charge in [-0.2, -0.15) is 15.0 Å². The number of hydrogen-bond acceptors (Lipinski definition) is 6. The smallest absolute Gasteiger partial charge is 0.254 e. The molecule has 1 fully saturated rings. The van der Waals surface area contributed by atoms with Gasteiger partial charge in [0.1, 0.15) is 5.82 Å². The molecule has 0 spiro atoms. The van der Waals surface area contributed by atoms with Crippen molar-refractivity contribution in [3.63, 3.8) is 0 Å². The van der Waals surface area contributed by atoms with Gasteiger partial charge in [0.2, 0.25) is 5.95 Å². The van der Waals surface area contributed by atoms with Crippen LogP contribution in [-0.4, -0.2) is 42.2 Å². The third-order valence-corrected chi connectivity index (χ3v) is 2.10. The van der Waals surface area contributed by atoms with E-state index < -0.39 is 0 Å². The molecular formula is C9H15N5O. The van der Waals surface area contributed by atoms with Crippen LogP contribution in [0.25, 0.3) is 0 Å². The van der Waals surface area contributed by atoms with Gasteiger partial charge in [0.15, 0.2) is 0 Å². The Morgan fingerprint density at radius 2 is 2.07 bits per heavy atom. The predicted molar refractivity (Wildman–Crippen MR) is 56.8 cm³/mol. The van der Waals surface area contributed by atoms with E-state index in [1.807, 2.05) is 25.9 Å². The molecule has 0 saturated carbocycles. The highest BCUT2D eigenvalue weighted by Gasteiger charge is 2.18. The first-order valence-electron chi connectivity index (χ1n) is 4.97. The largest absolute Gasteiger partial charge is 0.347 e. The summed E-state index contributed by atoms with van der Waals surface area (Å²) in [5, 5.41) is 1.72.